The number of rotatable bonds is 3. The van der Waals surface area contributed by atoms with Gasteiger partial charge in [-0.1, -0.05) is 29.8 Å². The molecule has 5 nitrogen and oxygen atoms in total. The number of carbonyl (C=O) groups excluding carboxylic acids is 2. The normalized spacial score (nSPS) is 16.6. The van der Waals surface area contributed by atoms with Crippen molar-refractivity contribution in [1.82, 2.24) is 10.2 Å². The highest BCUT2D eigenvalue weighted by Crippen LogP contribution is 2.33. The molecular formula is C23H21ClN2O3. The zero-order chi connectivity index (χ0) is 20.5. The molecule has 0 aromatic heterocycles. The Hall–Kier alpha value is -3.05. The highest BCUT2D eigenvalue weighted by molar-refractivity contribution is 6.33. The lowest BCUT2D eigenvalue weighted by atomic mass is 9.99. The van der Waals surface area contributed by atoms with E-state index in [0.29, 0.717) is 17.1 Å². The van der Waals surface area contributed by atoms with Crippen LogP contribution in [-0.4, -0.2) is 43.0 Å². The number of halogens is 1. The third-order valence-electron chi connectivity index (χ3n) is 5.10. The molecule has 0 aliphatic carbocycles. The summed E-state index contributed by atoms with van der Waals surface area (Å²) >= 11 is 6.38. The van der Waals surface area contributed by atoms with Crippen molar-refractivity contribution >= 4 is 34.2 Å². The van der Waals surface area contributed by atoms with Gasteiger partial charge in [0.05, 0.1) is 13.7 Å². The Morgan fingerprint density at radius 1 is 1.10 bits per heavy atom. The molecule has 29 heavy (non-hydrogen) atoms. The molecule has 0 saturated carbocycles. The topological polar surface area (TPSA) is 58.6 Å². The molecule has 0 bridgehead atoms. The summed E-state index contributed by atoms with van der Waals surface area (Å²) in [6, 6.07) is 17.1. The van der Waals surface area contributed by atoms with Crippen molar-refractivity contribution in [3.8, 4) is 16.9 Å². The number of piperazine rings is 1. The summed E-state index contributed by atoms with van der Waals surface area (Å²) in [6.07, 6.45) is 0. The average molecular weight is 409 g/mol. The second-order valence-electron chi connectivity index (χ2n) is 7.28. The van der Waals surface area contributed by atoms with E-state index in [9.17, 15) is 9.59 Å². The second-order valence-corrected chi connectivity index (χ2v) is 7.68. The number of nitrogens with one attached hydrogen (secondary N) is 1. The largest absolute Gasteiger partial charge is 0.497 e. The van der Waals surface area contributed by atoms with Gasteiger partial charge < -0.3 is 15.0 Å². The Morgan fingerprint density at radius 2 is 1.86 bits per heavy atom. The molecule has 1 saturated heterocycles. The van der Waals surface area contributed by atoms with E-state index >= 15 is 0 Å². The van der Waals surface area contributed by atoms with Crippen LogP contribution in [0, 0.1) is 0 Å². The molecule has 0 spiro atoms. The summed E-state index contributed by atoms with van der Waals surface area (Å²) in [5.41, 5.74) is 2.44. The van der Waals surface area contributed by atoms with Crippen LogP contribution in [0.2, 0.25) is 5.02 Å². The molecule has 0 unspecified atom stereocenters. The Labute approximate surface area is 174 Å². The van der Waals surface area contributed by atoms with Gasteiger partial charge in [0.2, 0.25) is 5.91 Å². The number of hydrogen-bond donors (Lipinski definition) is 1. The van der Waals surface area contributed by atoms with E-state index in [-0.39, 0.29) is 24.4 Å². The fourth-order valence-electron chi connectivity index (χ4n) is 3.67. The van der Waals surface area contributed by atoms with Crippen molar-refractivity contribution in [3.63, 3.8) is 0 Å². The number of ether oxygens (including phenoxy) is 1. The van der Waals surface area contributed by atoms with Gasteiger partial charge in [-0.2, -0.15) is 0 Å². The summed E-state index contributed by atoms with van der Waals surface area (Å²) < 4.78 is 5.30. The predicted molar refractivity (Wildman–Crippen MR) is 114 cm³/mol. The van der Waals surface area contributed by atoms with E-state index in [1.54, 1.807) is 18.1 Å². The second kappa shape index (κ2) is 7.76. The van der Waals surface area contributed by atoms with E-state index in [4.69, 9.17) is 16.3 Å². The van der Waals surface area contributed by atoms with Crippen molar-refractivity contribution in [2.75, 3.05) is 20.2 Å². The number of amides is 2. The van der Waals surface area contributed by atoms with Crippen LogP contribution in [0.25, 0.3) is 21.9 Å². The van der Waals surface area contributed by atoms with Crippen LogP contribution in [0.15, 0.2) is 54.6 Å². The Bertz CT molecular complexity index is 1110. The van der Waals surface area contributed by atoms with Crippen LogP contribution < -0.4 is 10.1 Å². The number of benzene rings is 3. The first-order chi connectivity index (χ1) is 13.9. The number of carbonyl (C=O) groups is 2. The molecule has 1 fully saturated rings. The number of fused-ring (bicyclic) bond motifs is 1. The van der Waals surface area contributed by atoms with Crippen LogP contribution in [-0.2, 0) is 4.79 Å². The van der Waals surface area contributed by atoms with Crippen molar-refractivity contribution < 1.29 is 14.3 Å². The van der Waals surface area contributed by atoms with Gasteiger partial charge in [-0.25, -0.2) is 0 Å². The highest BCUT2D eigenvalue weighted by atomic mass is 35.5. The van der Waals surface area contributed by atoms with Crippen LogP contribution in [0.3, 0.4) is 0 Å². The number of methoxy groups -OCH3 is 1. The molecule has 3 aromatic rings. The maximum atomic E-state index is 12.9. The molecule has 6 heteroatoms. The van der Waals surface area contributed by atoms with Crippen LogP contribution >= 0.6 is 11.6 Å². The molecule has 1 N–H and O–H groups in total. The molecular weight excluding hydrogens is 388 g/mol. The van der Waals surface area contributed by atoms with Crippen molar-refractivity contribution in [2.45, 2.75) is 13.0 Å². The minimum absolute atomic E-state index is 0.0455. The molecule has 2 amide bonds. The molecule has 3 aromatic carbocycles. The lowest BCUT2D eigenvalue weighted by molar-refractivity contribution is -0.124. The first kappa shape index (κ1) is 19.3. The number of nitrogens with zero attached hydrogens (tertiary/aromatic N) is 1. The van der Waals surface area contributed by atoms with E-state index in [2.05, 4.69) is 5.32 Å². The maximum Gasteiger partial charge on any atom is 0.254 e. The first-order valence-electron chi connectivity index (χ1n) is 9.41. The fraction of sp³-hybridized carbons (Fsp3) is 0.217. The van der Waals surface area contributed by atoms with Crippen molar-refractivity contribution in [1.29, 1.82) is 0 Å². The van der Waals surface area contributed by atoms with Crippen LogP contribution in [0.1, 0.15) is 17.3 Å². The van der Waals surface area contributed by atoms with Gasteiger partial charge in [-0.05, 0) is 59.7 Å². The van der Waals surface area contributed by atoms with E-state index < -0.39 is 0 Å². The van der Waals surface area contributed by atoms with E-state index in [0.717, 1.165) is 27.6 Å². The molecule has 1 aliphatic heterocycles. The summed E-state index contributed by atoms with van der Waals surface area (Å²) in [6.45, 7) is 2.49. The summed E-state index contributed by atoms with van der Waals surface area (Å²) in [4.78, 5) is 26.2. The lowest BCUT2D eigenvalue weighted by Gasteiger charge is -2.31. The fourth-order valence-corrected chi connectivity index (χ4v) is 3.90. The first-order valence-corrected chi connectivity index (χ1v) is 9.79. The molecule has 148 valence electrons. The van der Waals surface area contributed by atoms with E-state index in [1.165, 1.54) is 0 Å². The van der Waals surface area contributed by atoms with E-state index in [1.807, 2.05) is 55.5 Å². The van der Waals surface area contributed by atoms with Gasteiger partial charge in [-0.3, -0.25) is 9.59 Å². The zero-order valence-corrected chi connectivity index (χ0v) is 17.0. The molecule has 1 aliphatic rings. The number of hydrogen-bond acceptors (Lipinski definition) is 3. The van der Waals surface area contributed by atoms with Gasteiger partial charge in [0.1, 0.15) is 5.75 Å². The summed E-state index contributed by atoms with van der Waals surface area (Å²) in [5, 5.41) is 5.43. The maximum absolute atomic E-state index is 12.9. The monoisotopic (exact) mass is 408 g/mol. The minimum Gasteiger partial charge on any atom is -0.497 e. The lowest BCUT2D eigenvalue weighted by Crippen LogP contribution is -2.54. The molecule has 0 radical (unpaired) electrons. The predicted octanol–water partition coefficient (Wildman–Crippen LogP) is 4.13. The third-order valence-corrected chi connectivity index (χ3v) is 5.42. The molecule has 4 rings (SSSR count). The van der Waals surface area contributed by atoms with Gasteiger partial charge in [0.15, 0.2) is 0 Å². The minimum atomic E-state index is -0.131. The van der Waals surface area contributed by atoms with Crippen LogP contribution in [0.4, 0.5) is 0 Å². The summed E-state index contributed by atoms with van der Waals surface area (Å²) in [5.74, 6) is 0.483. The Balaban J connectivity index is 1.65. The molecule has 1 atom stereocenters. The zero-order valence-electron chi connectivity index (χ0n) is 16.2. The van der Waals surface area contributed by atoms with Crippen molar-refractivity contribution in [3.05, 3.63) is 65.2 Å². The van der Waals surface area contributed by atoms with Gasteiger partial charge in [0.25, 0.3) is 5.91 Å². The third kappa shape index (κ3) is 3.91. The van der Waals surface area contributed by atoms with Gasteiger partial charge in [0, 0.05) is 28.7 Å². The van der Waals surface area contributed by atoms with Gasteiger partial charge >= 0.3 is 0 Å². The SMILES string of the molecule is COc1ccc(Cl)c(-c2ccc3cc(C(=O)N4CC(=O)N[C@@H](C)C4)ccc3c2)c1. The Morgan fingerprint density at radius 3 is 2.62 bits per heavy atom. The Kier molecular flexibility index (Phi) is 5.16. The van der Waals surface area contributed by atoms with Crippen molar-refractivity contribution in [2.24, 2.45) is 0 Å². The molecule has 1 heterocycles. The summed E-state index contributed by atoms with van der Waals surface area (Å²) in [7, 11) is 1.62. The standard InChI is InChI=1S/C23H21ClN2O3/c1-14-12-26(13-22(27)25-14)23(28)18-6-4-15-9-17(5-3-16(15)10-18)20-11-19(29-2)7-8-21(20)24/h3-11,14H,12-13H2,1-2H3,(H,25,27)/t14-/m0/s1. The van der Waals surface area contributed by atoms with Gasteiger partial charge in [-0.15, -0.1) is 0 Å². The quantitative estimate of drug-likeness (QED) is 0.708. The van der Waals surface area contributed by atoms with Crippen LogP contribution in [0.5, 0.6) is 5.75 Å². The smallest absolute Gasteiger partial charge is 0.254 e. The highest BCUT2D eigenvalue weighted by Gasteiger charge is 2.26. The average Bonchev–Trinajstić information content (AvgIpc) is 2.72.